The number of nitrogens with zero attached hydrogens (tertiary/aromatic N) is 2. The summed E-state index contributed by atoms with van der Waals surface area (Å²) in [6, 6.07) is 5.29. The lowest BCUT2D eigenvalue weighted by Gasteiger charge is -2.32. The van der Waals surface area contributed by atoms with E-state index in [-0.39, 0.29) is 30.4 Å². The van der Waals surface area contributed by atoms with Gasteiger partial charge in [0, 0.05) is 32.2 Å². The largest absolute Gasteiger partial charge is 0.377 e. The summed E-state index contributed by atoms with van der Waals surface area (Å²) < 4.78 is 15.9. The fraction of sp³-hybridized carbons (Fsp3) is 0.438. The Morgan fingerprint density at radius 2 is 2.26 bits per heavy atom. The molecule has 7 nitrogen and oxygen atoms in total. The smallest absolute Gasteiger partial charge is 0.273 e. The third-order valence-corrected chi connectivity index (χ3v) is 3.75. The van der Waals surface area contributed by atoms with Gasteiger partial charge in [0.15, 0.2) is 11.5 Å². The standard InChI is InChI=1S/C16H19N3O4/c1-21-10-12-9-14(19-23-12)16(20)18-13-3-2-8-22-15(13)11-4-6-17-7-5-11/h4-7,9,13,15H,2-3,8,10H2,1H3,(H,18,20)/t13-,15+/m0/s1. The second-order valence-electron chi connectivity index (χ2n) is 5.41. The minimum absolute atomic E-state index is 0.110. The van der Waals surface area contributed by atoms with Crippen molar-refractivity contribution < 1.29 is 18.8 Å². The van der Waals surface area contributed by atoms with E-state index in [9.17, 15) is 4.79 Å². The average Bonchev–Trinajstić information content (AvgIpc) is 3.05. The van der Waals surface area contributed by atoms with Gasteiger partial charge in [-0.25, -0.2) is 0 Å². The highest BCUT2D eigenvalue weighted by molar-refractivity contribution is 5.92. The number of methoxy groups -OCH3 is 1. The van der Waals surface area contributed by atoms with E-state index in [0.29, 0.717) is 12.4 Å². The van der Waals surface area contributed by atoms with E-state index in [1.807, 2.05) is 12.1 Å². The Hall–Kier alpha value is -2.25. The number of amides is 1. The zero-order valence-corrected chi connectivity index (χ0v) is 12.9. The van der Waals surface area contributed by atoms with Gasteiger partial charge in [0.05, 0.1) is 6.04 Å². The fourth-order valence-corrected chi connectivity index (χ4v) is 2.68. The van der Waals surface area contributed by atoms with E-state index in [0.717, 1.165) is 18.4 Å². The van der Waals surface area contributed by atoms with Crippen LogP contribution in [0.2, 0.25) is 0 Å². The first kappa shape index (κ1) is 15.6. The van der Waals surface area contributed by atoms with Gasteiger partial charge < -0.3 is 19.3 Å². The van der Waals surface area contributed by atoms with E-state index < -0.39 is 0 Å². The maximum Gasteiger partial charge on any atom is 0.273 e. The Labute approximate surface area is 134 Å². The zero-order chi connectivity index (χ0) is 16.1. The van der Waals surface area contributed by atoms with E-state index in [1.165, 1.54) is 0 Å². The van der Waals surface area contributed by atoms with Crippen molar-refractivity contribution in [1.29, 1.82) is 0 Å². The molecular formula is C16H19N3O4. The minimum Gasteiger partial charge on any atom is -0.377 e. The van der Waals surface area contributed by atoms with Crippen LogP contribution in [0.5, 0.6) is 0 Å². The van der Waals surface area contributed by atoms with Gasteiger partial charge in [0.25, 0.3) is 5.91 Å². The summed E-state index contributed by atoms with van der Waals surface area (Å²) in [6.07, 6.45) is 5.02. The number of aromatic nitrogens is 2. The number of hydrogen-bond acceptors (Lipinski definition) is 6. The summed E-state index contributed by atoms with van der Waals surface area (Å²) in [5.74, 6) is 0.244. The van der Waals surface area contributed by atoms with Crippen molar-refractivity contribution in [2.24, 2.45) is 0 Å². The van der Waals surface area contributed by atoms with Gasteiger partial charge in [-0.1, -0.05) is 5.16 Å². The molecule has 2 atom stereocenters. The highest BCUT2D eigenvalue weighted by atomic mass is 16.5. The maximum absolute atomic E-state index is 12.4. The predicted octanol–water partition coefficient (Wildman–Crippen LogP) is 1.87. The third kappa shape index (κ3) is 3.75. The van der Waals surface area contributed by atoms with Crippen molar-refractivity contribution in [2.45, 2.75) is 31.6 Å². The van der Waals surface area contributed by atoms with Crippen LogP contribution in [0.3, 0.4) is 0 Å². The van der Waals surface area contributed by atoms with Crippen molar-refractivity contribution in [3.05, 3.63) is 47.6 Å². The number of carbonyl (C=O) groups excluding carboxylic acids is 1. The van der Waals surface area contributed by atoms with Gasteiger partial charge >= 0.3 is 0 Å². The SMILES string of the molecule is COCc1cc(C(=O)N[C@H]2CCCO[C@@H]2c2ccncc2)no1. The molecule has 2 aromatic heterocycles. The first-order chi connectivity index (χ1) is 11.3. The van der Waals surface area contributed by atoms with Crippen LogP contribution in [0.25, 0.3) is 0 Å². The molecule has 1 aliphatic heterocycles. The lowest BCUT2D eigenvalue weighted by molar-refractivity contribution is -0.00959. The van der Waals surface area contributed by atoms with E-state index in [1.54, 1.807) is 25.6 Å². The van der Waals surface area contributed by atoms with Crippen molar-refractivity contribution in [3.8, 4) is 0 Å². The summed E-state index contributed by atoms with van der Waals surface area (Å²) in [5, 5.41) is 6.77. The van der Waals surface area contributed by atoms with Crippen LogP contribution in [-0.2, 0) is 16.1 Å². The molecule has 3 rings (SSSR count). The summed E-state index contributed by atoms with van der Waals surface area (Å²) in [4.78, 5) is 16.4. The number of nitrogens with one attached hydrogen (secondary N) is 1. The molecule has 3 heterocycles. The number of rotatable bonds is 5. The summed E-state index contributed by atoms with van der Waals surface area (Å²) in [6.45, 7) is 0.966. The van der Waals surface area contributed by atoms with E-state index in [4.69, 9.17) is 14.0 Å². The van der Waals surface area contributed by atoms with Crippen molar-refractivity contribution in [2.75, 3.05) is 13.7 Å². The quantitative estimate of drug-likeness (QED) is 0.906. The van der Waals surface area contributed by atoms with Crippen LogP contribution in [0.4, 0.5) is 0 Å². The van der Waals surface area contributed by atoms with Crippen molar-refractivity contribution in [1.82, 2.24) is 15.5 Å². The maximum atomic E-state index is 12.4. The Bertz CT molecular complexity index is 644. The molecule has 1 fully saturated rings. The first-order valence-electron chi connectivity index (χ1n) is 7.55. The molecule has 0 spiro atoms. The highest BCUT2D eigenvalue weighted by Gasteiger charge is 2.29. The molecule has 122 valence electrons. The first-order valence-corrected chi connectivity index (χ1v) is 7.55. The molecular weight excluding hydrogens is 298 g/mol. The fourth-order valence-electron chi connectivity index (χ4n) is 2.68. The normalized spacial score (nSPS) is 21.1. The highest BCUT2D eigenvalue weighted by Crippen LogP contribution is 2.28. The number of hydrogen-bond donors (Lipinski definition) is 1. The minimum atomic E-state index is -0.273. The lowest BCUT2D eigenvalue weighted by Crippen LogP contribution is -2.42. The van der Waals surface area contributed by atoms with Gasteiger partial charge in [-0.2, -0.15) is 0 Å². The molecule has 1 amide bonds. The molecule has 0 unspecified atom stereocenters. The Morgan fingerprint density at radius 1 is 1.43 bits per heavy atom. The van der Waals surface area contributed by atoms with Gasteiger partial charge in [0.2, 0.25) is 0 Å². The topological polar surface area (TPSA) is 86.5 Å². The van der Waals surface area contributed by atoms with Gasteiger partial charge in [-0.3, -0.25) is 9.78 Å². The third-order valence-electron chi connectivity index (χ3n) is 3.75. The molecule has 0 radical (unpaired) electrons. The Balaban J connectivity index is 1.70. The summed E-state index contributed by atoms with van der Waals surface area (Å²) >= 11 is 0. The van der Waals surface area contributed by atoms with E-state index >= 15 is 0 Å². The number of ether oxygens (including phenoxy) is 2. The van der Waals surface area contributed by atoms with Gasteiger partial charge in [-0.05, 0) is 30.5 Å². The number of carbonyl (C=O) groups is 1. The number of pyridine rings is 1. The van der Waals surface area contributed by atoms with Crippen molar-refractivity contribution in [3.63, 3.8) is 0 Å². The van der Waals surface area contributed by atoms with Crippen LogP contribution >= 0.6 is 0 Å². The Kier molecular flexibility index (Phi) is 4.99. The molecule has 2 aromatic rings. The Morgan fingerprint density at radius 3 is 3.04 bits per heavy atom. The summed E-state index contributed by atoms with van der Waals surface area (Å²) in [7, 11) is 1.56. The molecule has 7 heteroatoms. The molecule has 0 bridgehead atoms. The van der Waals surface area contributed by atoms with Crippen LogP contribution in [0, 0.1) is 0 Å². The van der Waals surface area contributed by atoms with Gasteiger partial charge in [-0.15, -0.1) is 0 Å². The second kappa shape index (κ2) is 7.34. The van der Waals surface area contributed by atoms with Crippen molar-refractivity contribution >= 4 is 5.91 Å². The molecule has 1 N–H and O–H groups in total. The summed E-state index contributed by atoms with van der Waals surface area (Å²) in [5.41, 5.74) is 1.25. The molecule has 1 saturated heterocycles. The zero-order valence-electron chi connectivity index (χ0n) is 12.9. The van der Waals surface area contributed by atoms with Crippen LogP contribution in [0.1, 0.15) is 40.8 Å². The van der Waals surface area contributed by atoms with Crippen LogP contribution in [0.15, 0.2) is 35.1 Å². The molecule has 23 heavy (non-hydrogen) atoms. The second-order valence-corrected chi connectivity index (χ2v) is 5.41. The lowest BCUT2D eigenvalue weighted by atomic mass is 9.96. The van der Waals surface area contributed by atoms with Crippen LogP contribution < -0.4 is 5.32 Å². The predicted molar refractivity (Wildman–Crippen MR) is 80.6 cm³/mol. The van der Waals surface area contributed by atoms with E-state index in [2.05, 4.69) is 15.5 Å². The van der Waals surface area contributed by atoms with Crippen LogP contribution in [-0.4, -0.2) is 35.8 Å². The molecule has 0 saturated carbocycles. The average molecular weight is 317 g/mol. The molecule has 0 aliphatic carbocycles. The monoisotopic (exact) mass is 317 g/mol. The molecule has 1 aliphatic rings. The van der Waals surface area contributed by atoms with Gasteiger partial charge in [0.1, 0.15) is 12.7 Å². The molecule has 0 aromatic carbocycles.